The van der Waals surface area contributed by atoms with E-state index in [0.717, 1.165) is 38.0 Å². The zero-order chi connectivity index (χ0) is 14.7. The van der Waals surface area contributed by atoms with Gasteiger partial charge in [0, 0.05) is 31.4 Å². The van der Waals surface area contributed by atoms with Crippen molar-refractivity contribution in [3.05, 3.63) is 29.8 Å². The molecule has 0 spiro atoms. The van der Waals surface area contributed by atoms with Crippen molar-refractivity contribution in [1.82, 2.24) is 4.90 Å². The third kappa shape index (κ3) is 3.05. The van der Waals surface area contributed by atoms with Crippen LogP contribution in [0.4, 0.5) is 5.69 Å². The third-order valence-electron chi connectivity index (χ3n) is 4.74. The summed E-state index contributed by atoms with van der Waals surface area (Å²) >= 11 is 0. The Labute approximate surface area is 126 Å². The molecule has 2 N–H and O–H groups in total. The minimum absolute atomic E-state index is 0.0270. The van der Waals surface area contributed by atoms with E-state index in [9.17, 15) is 9.90 Å². The first-order valence-corrected chi connectivity index (χ1v) is 8.02. The maximum absolute atomic E-state index is 12.9. The molecule has 1 saturated heterocycles. The first-order chi connectivity index (χ1) is 10.3. The molecule has 0 aromatic heterocycles. The van der Waals surface area contributed by atoms with Crippen LogP contribution in [0.1, 0.15) is 31.2 Å². The summed E-state index contributed by atoms with van der Waals surface area (Å²) in [5, 5.41) is 12.6. The molecule has 0 saturated carbocycles. The standard InChI is InChI=1S/C17H24N2O2/c20-10-8-15-6-3-4-9-19(15)17(21)14-11-13-5-1-2-7-16(13)18-12-14/h1-2,5,7,14-15,18,20H,3-4,6,8-12H2. The number of likely N-dealkylation sites (tertiary alicyclic amines) is 1. The number of aliphatic hydroxyl groups excluding tert-OH is 1. The topological polar surface area (TPSA) is 52.6 Å². The van der Waals surface area contributed by atoms with Gasteiger partial charge in [0.2, 0.25) is 5.91 Å². The molecule has 1 aromatic rings. The number of fused-ring (bicyclic) bond motifs is 1. The molecule has 1 aromatic carbocycles. The van der Waals surface area contributed by atoms with Gasteiger partial charge in [-0.3, -0.25) is 4.79 Å². The largest absolute Gasteiger partial charge is 0.396 e. The van der Waals surface area contributed by atoms with E-state index in [1.54, 1.807) is 0 Å². The summed E-state index contributed by atoms with van der Waals surface area (Å²) < 4.78 is 0. The summed E-state index contributed by atoms with van der Waals surface area (Å²) in [5.41, 5.74) is 2.39. The fourth-order valence-corrected chi connectivity index (χ4v) is 3.59. The molecule has 4 heteroatoms. The van der Waals surface area contributed by atoms with Crippen molar-refractivity contribution < 1.29 is 9.90 Å². The second-order valence-electron chi connectivity index (χ2n) is 6.13. The number of rotatable bonds is 3. The number of nitrogens with zero attached hydrogens (tertiary/aromatic N) is 1. The molecule has 21 heavy (non-hydrogen) atoms. The number of para-hydroxylation sites is 1. The van der Waals surface area contributed by atoms with E-state index in [4.69, 9.17) is 0 Å². The van der Waals surface area contributed by atoms with Gasteiger partial charge in [0.05, 0.1) is 5.92 Å². The van der Waals surface area contributed by atoms with Crippen LogP contribution in [0.25, 0.3) is 0 Å². The highest BCUT2D eigenvalue weighted by molar-refractivity contribution is 5.81. The molecular formula is C17H24N2O2. The van der Waals surface area contributed by atoms with E-state index in [0.29, 0.717) is 6.42 Å². The summed E-state index contributed by atoms with van der Waals surface area (Å²) in [4.78, 5) is 14.9. The molecule has 0 radical (unpaired) electrons. The van der Waals surface area contributed by atoms with E-state index >= 15 is 0 Å². The number of hydrogen-bond acceptors (Lipinski definition) is 3. The quantitative estimate of drug-likeness (QED) is 0.895. The molecule has 0 bridgehead atoms. The van der Waals surface area contributed by atoms with Crippen LogP contribution in [0.5, 0.6) is 0 Å². The minimum atomic E-state index is 0.0270. The van der Waals surface area contributed by atoms with Crippen molar-refractivity contribution in [2.75, 3.05) is 25.0 Å². The normalized spacial score (nSPS) is 25.1. The van der Waals surface area contributed by atoms with Crippen LogP contribution in [0.15, 0.2) is 24.3 Å². The molecule has 0 aliphatic carbocycles. The van der Waals surface area contributed by atoms with Gasteiger partial charge in [-0.05, 0) is 43.7 Å². The summed E-state index contributed by atoms with van der Waals surface area (Å²) in [6.07, 6.45) is 4.82. The average molecular weight is 288 g/mol. The van der Waals surface area contributed by atoms with Crippen LogP contribution in [-0.4, -0.2) is 41.7 Å². The van der Waals surface area contributed by atoms with Gasteiger partial charge >= 0.3 is 0 Å². The summed E-state index contributed by atoms with van der Waals surface area (Å²) in [5.74, 6) is 0.286. The molecule has 3 rings (SSSR count). The highest BCUT2D eigenvalue weighted by Gasteiger charge is 2.32. The van der Waals surface area contributed by atoms with E-state index in [-0.39, 0.29) is 24.5 Å². The van der Waals surface area contributed by atoms with Gasteiger partial charge in [-0.1, -0.05) is 18.2 Å². The molecule has 2 unspecified atom stereocenters. The molecule has 2 aliphatic heterocycles. The monoisotopic (exact) mass is 288 g/mol. The summed E-state index contributed by atoms with van der Waals surface area (Å²) in [7, 11) is 0. The lowest BCUT2D eigenvalue weighted by Gasteiger charge is -2.39. The Hall–Kier alpha value is -1.55. The Bertz CT molecular complexity index is 501. The fourth-order valence-electron chi connectivity index (χ4n) is 3.59. The van der Waals surface area contributed by atoms with Crippen LogP contribution in [0, 0.1) is 5.92 Å². The van der Waals surface area contributed by atoms with E-state index in [1.807, 2.05) is 17.0 Å². The highest BCUT2D eigenvalue weighted by atomic mass is 16.3. The Kier molecular flexibility index (Phi) is 4.44. The lowest BCUT2D eigenvalue weighted by molar-refractivity contribution is -0.139. The minimum Gasteiger partial charge on any atom is -0.396 e. The first kappa shape index (κ1) is 14.4. The molecule has 2 heterocycles. The van der Waals surface area contributed by atoms with E-state index in [1.165, 1.54) is 12.0 Å². The Morgan fingerprint density at radius 2 is 2.19 bits per heavy atom. The van der Waals surface area contributed by atoms with Crippen LogP contribution >= 0.6 is 0 Å². The second kappa shape index (κ2) is 6.48. The van der Waals surface area contributed by atoms with Crippen molar-refractivity contribution in [2.24, 2.45) is 5.92 Å². The smallest absolute Gasteiger partial charge is 0.228 e. The molecular weight excluding hydrogens is 264 g/mol. The highest BCUT2D eigenvalue weighted by Crippen LogP contribution is 2.28. The fraction of sp³-hybridized carbons (Fsp3) is 0.588. The van der Waals surface area contributed by atoms with Crippen molar-refractivity contribution in [1.29, 1.82) is 0 Å². The molecule has 1 fully saturated rings. The predicted molar refractivity (Wildman–Crippen MR) is 83.2 cm³/mol. The molecule has 2 aliphatic rings. The Balaban J connectivity index is 1.70. The third-order valence-corrected chi connectivity index (χ3v) is 4.74. The predicted octanol–water partition coefficient (Wildman–Crippen LogP) is 2.03. The summed E-state index contributed by atoms with van der Waals surface area (Å²) in [6.45, 7) is 1.74. The number of carbonyl (C=O) groups is 1. The van der Waals surface area contributed by atoms with Gasteiger partial charge in [-0.25, -0.2) is 0 Å². The molecule has 4 nitrogen and oxygen atoms in total. The summed E-state index contributed by atoms with van der Waals surface area (Å²) in [6, 6.07) is 8.46. The van der Waals surface area contributed by atoms with Crippen LogP contribution < -0.4 is 5.32 Å². The van der Waals surface area contributed by atoms with Crippen LogP contribution in [0.3, 0.4) is 0 Å². The Morgan fingerprint density at radius 3 is 3.05 bits per heavy atom. The number of aliphatic hydroxyl groups is 1. The number of anilines is 1. The lowest BCUT2D eigenvalue weighted by atomic mass is 9.90. The first-order valence-electron chi connectivity index (χ1n) is 8.02. The van der Waals surface area contributed by atoms with E-state index in [2.05, 4.69) is 17.4 Å². The van der Waals surface area contributed by atoms with Gasteiger partial charge in [0.15, 0.2) is 0 Å². The van der Waals surface area contributed by atoms with Crippen molar-refractivity contribution in [2.45, 2.75) is 38.1 Å². The van der Waals surface area contributed by atoms with Gasteiger partial charge in [-0.15, -0.1) is 0 Å². The second-order valence-corrected chi connectivity index (χ2v) is 6.13. The number of amides is 1. The van der Waals surface area contributed by atoms with Crippen LogP contribution in [-0.2, 0) is 11.2 Å². The molecule has 2 atom stereocenters. The number of hydrogen-bond donors (Lipinski definition) is 2. The zero-order valence-corrected chi connectivity index (χ0v) is 12.4. The van der Waals surface area contributed by atoms with Crippen molar-refractivity contribution >= 4 is 11.6 Å². The molecule has 114 valence electrons. The lowest BCUT2D eigenvalue weighted by Crippen LogP contribution is -2.49. The van der Waals surface area contributed by atoms with Gasteiger partial charge in [0.1, 0.15) is 0 Å². The Morgan fingerprint density at radius 1 is 1.33 bits per heavy atom. The van der Waals surface area contributed by atoms with E-state index < -0.39 is 0 Å². The maximum atomic E-state index is 12.9. The maximum Gasteiger partial charge on any atom is 0.228 e. The molecule has 1 amide bonds. The zero-order valence-electron chi connectivity index (χ0n) is 12.4. The number of nitrogens with one attached hydrogen (secondary N) is 1. The number of piperidine rings is 1. The van der Waals surface area contributed by atoms with Gasteiger partial charge in [-0.2, -0.15) is 0 Å². The van der Waals surface area contributed by atoms with Gasteiger partial charge < -0.3 is 15.3 Å². The van der Waals surface area contributed by atoms with Crippen molar-refractivity contribution in [3.8, 4) is 0 Å². The van der Waals surface area contributed by atoms with Crippen LogP contribution in [0.2, 0.25) is 0 Å². The van der Waals surface area contributed by atoms with Crippen molar-refractivity contribution in [3.63, 3.8) is 0 Å². The number of carbonyl (C=O) groups excluding carboxylic acids is 1. The average Bonchev–Trinajstić information content (AvgIpc) is 2.54. The SMILES string of the molecule is O=C(C1CNc2ccccc2C1)N1CCCCC1CCO. The number of benzene rings is 1. The van der Waals surface area contributed by atoms with Gasteiger partial charge in [0.25, 0.3) is 0 Å².